The Morgan fingerprint density at radius 1 is 1.00 bits per heavy atom. The van der Waals surface area contributed by atoms with E-state index in [1.807, 2.05) is 0 Å². The molecule has 1 N–H and O–H groups in total. The van der Waals surface area contributed by atoms with E-state index in [4.69, 9.17) is 4.74 Å². The topological polar surface area (TPSA) is 21.3 Å². The molecule has 0 radical (unpaired) electrons. The maximum atomic E-state index is 5.63. The zero-order chi connectivity index (χ0) is 14.2. The van der Waals surface area contributed by atoms with Gasteiger partial charge in [0, 0.05) is 19.3 Å². The quantitative estimate of drug-likeness (QED) is 0.722. The van der Waals surface area contributed by atoms with Crippen LogP contribution in [0.3, 0.4) is 0 Å². The van der Waals surface area contributed by atoms with Gasteiger partial charge in [-0.1, -0.05) is 50.2 Å². The fourth-order valence-electron chi connectivity index (χ4n) is 2.51. The molecule has 2 nitrogen and oxygen atoms in total. The number of hydrogen-bond donors (Lipinski definition) is 1. The Balaban J connectivity index is 2.09. The van der Waals surface area contributed by atoms with E-state index in [0.717, 1.165) is 32.6 Å². The summed E-state index contributed by atoms with van der Waals surface area (Å²) in [6.07, 6.45) is 2.11. The third-order valence-electron chi connectivity index (χ3n) is 3.53. The molecule has 0 aliphatic carbocycles. The highest BCUT2D eigenvalue weighted by Crippen LogP contribution is 2.22. The van der Waals surface area contributed by atoms with Crippen LogP contribution in [0.4, 0.5) is 0 Å². The molecule has 0 saturated carbocycles. The summed E-state index contributed by atoms with van der Waals surface area (Å²) >= 11 is 0. The van der Waals surface area contributed by atoms with Crippen LogP contribution in [0, 0.1) is 0 Å². The van der Waals surface area contributed by atoms with Gasteiger partial charge in [0.05, 0.1) is 0 Å². The summed E-state index contributed by atoms with van der Waals surface area (Å²) in [5.74, 6) is 0. The van der Waals surface area contributed by atoms with Crippen LogP contribution in [-0.2, 0) is 4.74 Å². The first-order chi connectivity index (χ1) is 9.85. The van der Waals surface area contributed by atoms with Crippen LogP contribution in [0.15, 0.2) is 42.5 Å². The van der Waals surface area contributed by atoms with Crippen molar-refractivity contribution in [3.8, 4) is 0 Å². The summed E-state index contributed by atoms with van der Waals surface area (Å²) in [6, 6.07) is 15.6. The number of benzene rings is 2. The van der Waals surface area contributed by atoms with Gasteiger partial charge < -0.3 is 10.1 Å². The summed E-state index contributed by atoms with van der Waals surface area (Å²) < 4.78 is 5.63. The number of fused-ring (bicyclic) bond motifs is 1. The molecule has 2 aromatic carbocycles. The molecule has 0 aliphatic rings. The van der Waals surface area contributed by atoms with Gasteiger partial charge in [0.2, 0.25) is 0 Å². The normalized spacial score (nSPS) is 12.7. The molecule has 0 aromatic heterocycles. The van der Waals surface area contributed by atoms with Gasteiger partial charge in [-0.05, 0) is 41.8 Å². The van der Waals surface area contributed by atoms with E-state index in [-0.39, 0.29) is 0 Å². The van der Waals surface area contributed by atoms with Crippen molar-refractivity contribution >= 4 is 10.8 Å². The van der Waals surface area contributed by atoms with Gasteiger partial charge in [0.15, 0.2) is 0 Å². The average Bonchev–Trinajstić information content (AvgIpc) is 2.50. The van der Waals surface area contributed by atoms with Gasteiger partial charge in [-0.2, -0.15) is 0 Å². The number of hydrogen-bond acceptors (Lipinski definition) is 2. The first kappa shape index (κ1) is 15.0. The van der Waals surface area contributed by atoms with Crippen LogP contribution < -0.4 is 5.32 Å². The number of nitrogens with one attached hydrogen (secondary N) is 1. The van der Waals surface area contributed by atoms with E-state index in [0.29, 0.717) is 6.04 Å². The molecule has 2 aromatic rings. The lowest BCUT2D eigenvalue weighted by atomic mass is 10.00. The predicted octanol–water partition coefficient (Wildman–Crippen LogP) is 4.31. The van der Waals surface area contributed by atoms with Crippen LogP contribution >= 0.6 is 0 Å². The third kappa shape index (κ3) is 4.06. The van der Waals surface area contributed by atoms with Gasteiger partial charge in [-0.15, -0.1) is 0 Å². The molecular formula is C18H25NO. The summed E-state index contributed by atoms with van der Waals surface area (Å²) in [5, 5.41) is 6.17. The average molecular weight is 271 g/mol. The SMILES string of the molecule is CCCOCCC(NCC)c1ccc2ccccc2c1. The lowest BCUT2D eigenvalue weighted by Crippen LogP contribution is -2.22. The van der Waals surface area contributed by atoms with E-state index in [2.05, 4.69) is 61.6 Å². The Kier molecular flexibility index (Phi) is 6.03. The molecule has 0 aliphatic heterocycles. The number of rotatable bonds is 8. The van der Waals surface area contributed by atoms with Crippen molar-refractivity contribution in [2.75, 3.05) is 19.8 Å². The van der Waals surface area contributed by atoms with Crippen molar-refractivity contribution in [3.63, 3.8) is 0 Å². The molecule has 2 heteroatoms. The van der Waals surface area contributed by atoms with E-state index in [1.165, 1.54) is 16.3 Å². The largest absolute Gasteiger partial charge is 0.381 e. The highest BCUT2D eigenvalue weighted by Gasteiger charge is 2.10. The molecule has 20 heavy (non-hydrogen) atoms. The van der Waals surface area contributed by atoms with Crippen molar-refractivity contribution in [3.05, 3.63) is 48.0 Å². The third-order valence-corrected chi connectivity index (χ3v) is 3.53. The minimum absolute atomic E-state index is 0.376. The van der Waals surface area contributed by atoms with Gasteiger partial charge in [0.1, 0.15) is 0 Å². The van der Waals surface area contributed by atoms with E-state index in [9.17, 15) is 0 Å². The zero-order valence-electron chi connectivity index (χ0n) is 12.6. The van der Waals surface area contributed by atoms with Crippen LogP contribution in [0.5, 0.6) is 0 Å². The first-order valence-electron chi connectivity index (χ1n) is 7.65. The second-order valence-corrected chi connectivity index (χ2v) is 5.12. The summed E-state index contributed by atoms with van der Waals surface area (Å²) in [7, 11) is 0. The molecule has 1 unspecified atom stereocenters. The van der Waals surface area contributed by atoms with Gasteiger partial charge in [-0.25, -0.2) is 0 Å². The van der Waals surface area contributed by atoms with E-state index < -0.39 is 0 Å². The Hall–Kier alpha value is -1.38. The molecule has 0 amide bonds. The Labute approximate surface area is 122 Å². The monoisotopic (exact) mass is 271 g/mol. The molecular weight excluding hydrogens is 246 g/mol. The standard InChI is InChI=1S/C18H25NO/c1-3-12-20-13-11-18(19-4-2)17-10-9-15-7-5-6-8-16(15)14-17/h5-10,14,18-19H,3-4,11-13H2,1-2H3. The highest BCUT2D eigenvalue weighted by atomic mass is 16.5. The van der Waals surface area contributed by atoms with Crippen molar-refractivity contribution in [1.82, 2.24) is 5.32 Å². The molecule has 108 valence electrons. The smallest absolute Gasteiger partial charge is 0.0484 e. The molecule has 0 saturated heterocycles. The fraction of sp³-hybridized carbons (Fsp3) is 0.444. The van der Waals surface area contributed by atoms with Crippen molar-refractivity contribution in [2.45, 2.75) is 32.7 Å². The lowest BCUT2D eigenvalue weighted by molar-refractivity contribution is 0.124. The molecule has 0 heterocycles. The highest BCUT2D eigenvalue weighted by molar-refractivity contribution is 5.83. The van der Waals surface area contributed by atoms with Crippen molar-refractivity contribution < 1.29 is 4.74 Å². The van der Waals surface area contributed by atoms with E-state index in [1.54, 1.807) is 0 Å². The van der Waals surface area contributed by atoms with Crippen LogP contribution in [0.25, 0.3) is 10.8 Å². The van der Waals surface area contributed by atoms with Gasteiger partial charge >= 0.3 is 0 Å². The van der Waals surface area contributed by atoms with Crippen molar-refractivity contribution in [1.29, 1.82) is 0 Å². The van der Waals surface area contributed by atoms with E-state index >= 15 is 0 Å². The zero-order valence-corrected chi connectivity index (χ0v) is 12.6. The minimum atomic E-state index is 0.376. The molecule has 2 rings (SSSR count). The Morgan fingerprint density at radius 3 is 2.55 bits per heavy atom. The first-order valence-corrected chi connectivity index (χ1v) is 7.65. The molecule has 1 atom stereocenters. The second kappa shape index (κ2) is 8.03. The predicted molar refractivity (Wildman–Crippen MR) is 86.1 cm³/mol. The Morgan fingerprint density at radius 2 is 1.80 bits per heavy atom. The van der Waals surface area contributed by atoms with Gasteiger partial charge in [-0.3, -0.25) is 0 Å². The van der Waals surface area contributed by atoms with Crippen molar-refractivity contribution in [2.24, 2.45) is 0 Å². The summed E-state index contributed by atoms with van der Waals surface area (Å²) in [4.78, 5) is 0. The second-order valence-electron chi connectivity index (χ2n) is 5.12. The summed E-state index contributed by atoms with van der Waals surface area (Å²) in [5.41, 5.74) is 1.35. The number of ether oxygens (including phenoxy) is 1. The van der Waals surface area contributed by atoms with Gasteiger partial charge in [0.25, 0.3) is 0 Å². The molecule has 0 fully saturated rings. The molecule has 0 bridgehead atoms. The lowest BCUT2D eigenvalue weighted by Gasteiger charge is -2.19. The summed E-state index contributed by atoms with van der Waals surface area (Å²) in [6.45, 7) is 6.95. The molecule has 0 spiro atoms. The maximum Gasteiger partial charge on any atom is 0.0484 e. The van der Waals surface area contributed by atoms with Crippen LogP contribution in [-0.4, -0.2) is 19.8 Å². The Bertz CT molecular complexity index is 524. The fourth-order valence-corrected chi connectivity index (χ4v) is 2.51. The van der Waals surface area contributed by atoms with Crippen LogP contribution in [0.1, 0.15) is 38.3 Å². The maximum absolute atomic E-state index is 5.63. The van der Waals surface area contributed by atoms with Crippen LogP contribution in [0.2, 0.25) is 0 Å². The minimum Gasteiger partial charge on any atom is -0.381 e.